The minimum absolute atomic E-state index is 0.900. The molecule has 0 fully saturated rings. The zero-order valence-corrected chi connectivity index (χ0v) is 12.0. The maximum absolute atomic E-state index is 8.02. The summed E-state index contributed by atoms with van der Waals surface area (Å²) in [7, 11) is 0. The van der Waals surface area contributed by atoms with Gasteiger partial charge in [0.2, 0.25) is 0 Å². The van der Waals surface area contributed by atoms with Crippen molar-refractivity contribution in [3.8, 4) is 0 Å². The lowest BCUT2D eigenvalue weighted by Crippen LogP contribution is -1.99. The van der Waals surface area contributed by atoms with Crippen LogP contribution in [0, 0.1) is 5.41 Å². The molecule has 0 aliphatic heterocycles. The number of nitrogens with one attached hydrogen (secondary N) is 1. The summed E-state index contributed by atoms with van der Waals surface area (Å²) in [6.45, 7) is 0. The molecule has 0 spiro atoms. The van der Waals surface area contributed by atoms with Crippen molar-refractivity contribution >= 4 is 5.71 Å². The van der Waals surface area contributed by atoms with Crippen molar-refractivity contribution in [2.75, 3.05) is 0 Å². The van der Waals surface area contributed by atoms with E-state index in [9.17, 15) is 0 Å². The van der Waals surface area contributed by atoms with Crippen LogP contribution in [0.2, 0.25) is 0 Å². The minimum atomic E-state index is 0.900. The molecule has 0 aliphatic rings. The van der Waals surface area contributed by atoms with Gasteiger partial charge in [0, 0.05) is 5.71 Å². The Balaban J connectivity index is 1.59. The quantitative estimate of drug-likeness (QED) is 0.646. The average molecular weight is 265 g/mol. The maximum atomic E-state index is 8.02. The fraction of sp³-hybridized carbons (Fsp3) is 0.316. The van der Waals surface area contributed by atoms with Gasteiger partial charge in [0.1, 0.15) is 0 Å². The number of aryl methyl sites for hydroxylation is 2. The third-order valence-electron chi connectivity index (χ3n) is 3.57. The van der Waals surface area contributed by atoms with Crippen molar-refractivity contribution < 1.29 is 0 Å². The fourth-order valence-corrected chi connectivity index (χ4v) is 2.43. The first-order valence-electron chi connectivity index (χ1n) is 7.49. The van der Waals surface area contributed by atoms with E-state index in [0.29, 0.717) is 0 Å². The molecule has 0 amide bonds. The summed E-state index contributed by atoms with van der Waals surface area (Å²) < 4.78 is 0. The lowest BCUT2D eigenvalue weighted by Gasteiger charge is -2.05. The van der Waals surface area contributed by atoms with Crippen LogP contribution < -0.4 is 0 Å². The smallest absolute Gasteiger partial charge is 0.00894 e. The van der Waals surface area contributed by atoms with Gasteiger partial charge in [0.05, 0.1) is 0 Å². The van der Waals surface area contributed by atoms with Gasteiger partial charge in [-0.15, -0.1) is 0 Å². The number of rotatable bonds is 8. The van der Waals surface area contributed by atoms with Crippen LogP contribution in [0.15, 0.2) is 60.7 Å². The van der Waals surface area contributed by atoms with Gasteiger partial charge in [-0.3, -0.25) is 0 Å². The molecule has 0 bridgehead atoms. The molecule has 0 aromatic heterocycles. The van der Waals surface area contributed by atoms with Gasteiger partial charge >= 0.3 is 0 Å². The highest BCUT2D eigenvalue weighted by Gasteiger charge is 1.99. The van der Waals surface area contributed by atoms with Crippen LogP contribution in [-0.4, -0.2) is 5.71 Å². The van der Waals surface area contributed by atoms with E-state index in [0.717, 1.165) is 44.2 Å². The number of benzene rings is 2. The van der Waals surface area contributed by atoms with E-state index < -0.39 is 0 Å². The summed E-state index contributed by atoms with van der Waals surface area (Å²) >= 11 is 0. The van der Waals surface area contributed by atoms with Gasteiger partial charge in [0.15, 0.2) is 0 Å². The summed E-state index contributed by atoms with van der Waals surface area (Å²) in [6, 6.07) is 21.1. The van der Waals surface area contributed by atoms with E-state index in [-0.39, 0.29) is 0 Å². The van der Waals surface area contributed by atoms with Crippen molar-refractivity contribution in [3.63, 3.8) is 0 Å². The standard InChI is InChI=1S/C19H23N/c20-19(15-7-13-17-9-3-1-4-10-17)16-8-14-18-11-5-2-6-12-18/h1-6,9-12,20H,7-8,13-16H2. The summed E-state index contributed by atoms with van der Waals surface area (Å²) in [6.07, 6.45) is 6.22. The zero-order valence-electron chi connectivity index (χ0n) is 12.0. The van der Waals surface area contributed by atoms with E-state index >= 15 is 0 Å². The predicted molar refractivity (Wildman–Crippen MR) is 86.5 cm³/mol. The fourth-order valence-electron chi connectivity index (χ4n) is 2.43. The third-order valence-corrected chi connectivity index (χ3v) is 3.57. The Morgan fingerprint density at radius 3 is 1.45 bits per heavy atom. The highest BCUT2D eigenvalue weighted by Crippen LogP contribution is 2.09. The Hall–Kier alpha value is -1.89. The van der Waals surface area contributed by atoms with Crippen LogP contribution in [0.1, 0.15) is 36.8 Å². The molecule has 1 N–H and O–H groups in total. The van der Waals surface area contributed by atoms with Crippen molar-refractivity contribution in [3.05, 3.63) is 71.8 Å². The van der Waals surface area contributed by atoms with Crippen LogP contribution in [0.5, 0.6) is 0 Å². The molecular weight excluding hydrogens is 242 g/mol. The molecular formula is C19H23N. The molecule has 1 heteroatoms. The highest BCUT2D eigenvalue weighted by atomic mass is 14.4. The largest absolute Gasteiger partial charge is 0.310 e. The van der Waals surface area contributed by atoms with Crippen LogP contribution in [0.25, 0.3) is 0 Å². The maximum Gasteiger partial charge on any atom is 0.00894 e. The van der Waals surface area contributed by atoms with E-state index in [2.05, 4.69) is 60.7 Å². The van der Waals surface area contributed by atoms with Crippen LogP contribution in [-0.2, 0) is 12.8 Å². The molecule has 20 heavy (non-hydrogen) atoms. The number of hydrogen-bond donors (Lipinski definition) is 1. The summed E-state index contributed by atoms with van der Waals surface area (Å²) in [4.78, 5) is 0. The molecule has 0 saturated heterocycles. The molecule has 0 heterocycles. The molecule has 104 valence electrons. The Kier molecular flexibility index (Phi) is 6.04. The van der Waals surface area contributed by atoms with Crippen molar-refractivity contribution in [2.45, 2.75) is 38.5 Å². The average Bonchev–Trinajstić information content (AvgIpc) is 2.49. The van der Waals surface area contributed by atoms with Gasteiger partial charge in [-0.1, -0.05) is 60.7 Å². The van der Waals surface area contributed by atoms with E-state index in [1.807, 2.05) is 0 Å². The normalized spacial score (nSPS) is 10.4. The first kappa shape index (κ1) is 14.5. The van der Waals surface area contributed by atoms with Crippen LogP contribution in [0.4, 0.5) is 0 Å². The van der Waals surface area contributed by atoms with E-state index in [1.165, 1.54) is 11.1 Å². The van der Waals surface area contributed by atoms with Crippen LogP contribution >= 0.6 is 0 Å². The van der Waals surface area contributed by atoms with Gasteiger partial charge in [0.25, 0.3) is 0 Å². The Morgan fingerprint density at radius 1 is 0.650 bits per heavy atom. The van der Waals surface area contributed by atoms with Gasteiger partial charge in [-0.25, -0.2) is 0 Å². The topological polar surface area (TPSA) is 23.9 Å². The monoisotopic (exact) mass is 265 g/mol. The molecule has 0 atom stereocenters. The highest BCUT2D eigenvalue weighted by molar-refractivity contribution is 5.81. The molecule has 0 radical (unpaired) electrons. The molecule has 0 saturated carbocycles. The van der Waals surface area contributed by atoms with Gasteiger partial charge in [-0.05, 0) is 49.7 Å². The Labute approximate surface area is 122 Å². The summed E-state index contributed by atoms with van der Waals surface area (Å²) in [5.74, 6) is 0. The predicted octanol–water partition coefficient (Wildman–Crippen LogP) is 5.05. The molecule has 2 aromatic carbocycles. The van der Waals surface area contributed by atoms with Gasteiger partial charge < -0.3 is 5.41 Å². The minimum Gasteiger partial charge on any atom is -0.310 e. The third kappa shape index (κ3) is 5.40. The lowest BCUT2D eigenvalue weighted by atomic mass is 10.0. The molecule has 0 aliphatic carbocycles. The summed E-state index contributed by atoms with van der Waals surface area (Å²) in [5, 5.41) is 8.02. The van der Waals surface area contributed by atoms with Crippen LogP contribution in [0.3, 0.4) is 0 Å². The molecule has 1 nitrogen and oxygen atoms in total. The second kappa shape index (κ2) is 8.31. The first-order chi connectivity index (χ1) is 9.84. The SMILES string of the molecule is N=C(CCCc1ccccc1)CCCc1ccccc1. The number of hydrogen-bond acceptors (Lipinski definition) is 1. The second-order valence-electron chi connectivity index (χ2n) is 5.28. The van der Waals surface area contributed by atoms with Gasteiger partial charge in [-0.2, -0.15) is 0 Å². The molecule has 2 rings (SSSR count). The first-order valence-corrected chi connectivity index (χ1v) is 7.49. The van der Waals surface area contributed by atoms with E-state index in [4.69, 9.17) is 5.41 Å². The Bertz CT molecular complexity index is 454. The Morgan fingerprint density at radius 2 is 1.05 bits per heavy atom. The van der Waals surface area contributed by atoms with E-state index in [1.54, 1.807) is 0 Å². The molecule has 0 unspecified atom stereocenters. The summed E-state index contributed by atoms with van der Waals surface area (Å²) in [5.41, 5.74) is 3.66. The van der Waals surface area contributed by atoms with Crippen molar-refractivity contribution in [1.82, 2.24) is 0 Å². The lowest BCUT2D eigenvalue weighted by molar-refractivity contribution is 0.807. The second-order valence-corrected chi connectivity index (χ2v) is 5.28. The van der Waals surface area contributed by atoms with Crippen molar-refractivity contribution in [2.24, 2.45) is 0 Å². The molecule has 2 aromatic rings. The zero-order chi connectivity index (χ0) is 14.0. The van der Waals surface area contributed by atoms with Crippen molar-refractivity contribution in [1.29, 1.82) is 5.41 Å².